The highest BCUT2D eigenvalue weighted by atomic mass is 32.2. The molecule has 1 aromatic heterocycles. The molecular formula is C14H19N5O2S. The Hall–Kier alpha value is -2.09. The van der Waals surface area contributed by atoms with Crippen LogP contribution >= 0.6 is 11.8 Å². The topological polar surface area (TPSA) is 81.9 Å². The third-order valence-electron chi connectivity index (χ3n) is 2.88. The first-order valence-electron chi connectivity index (χ1n) is 7.10. The van der Waals surface area contributed by atoms with Crippen molar-refractivity contribution in [3.63, 3.8) is 0 Å². The van der Waals surface area contributed by atoms with Crippen molar-refractivity contribution in [3.8, 4) is 5.75 Å². The first-order chi connectivity index (χ1) is 10.6. The van der Waals surface area contributed by atoms with Gasteiger partial charge in [-0.25, -0.2) is 4.68 Å². The van der Waals surface area contributed by atoms with E-state index in [1.54, 1.807) is 4.68 Å². The molecule has 1 aromatic carbocycles. The Morgan fingerprint density at radius 3 is 2.73 bits per heavy atom. The maximum atomic E-state index is 12.2. The van der Waals surface area contributed by atoms with Crippen molar-refractivity contribution in [1.82, 2.24) is 20.2 Å². The number of carbonyl (C=O) groups is 1. The maximum Gasteiger partial charge on any atom is 0.237 e. The molecule has 0 aliphatic heterocycles. The lowest BCUT2D eigenvalue weighted by molar-refractivity contribution is -0.115. The molecule has 2 rings (SSSR count). The number of aryl methyl sites for hydroxylation is 1. The maximum absolute atomic E-state index is 12.2. The summed E-state index contributed by atoms with van der Waals surface area (Å²) in [5, 5.41) is 14.6. The summed E-state index contributed by atoms with van der Waals surface area (Å²) < 4.78 is 7.03. The number of carbonyl (C=O) groups excluding carboxylic acids is 1. The Balaban J connectivity index is 1.93. The second-order valence-corrected chi connectivity index (χ2v) is 5.79. The van der Waals surface area contributed by atoms with Crippen LogP contribution in [0, 0.1) is 0 Å². The number of benzene rings is 1. The number of nitrogens with one attached hydrogen (secondary N) is 1. The van der Waals surface area contributed by atoms with Gasteiger partial charge in [0.05, 0.1) is 11.9 Å². The zero-order valence-electron chi connectivity index (χ0n) is 12.8. The molecule has 1 atom stereocenters. The number of rotatable bonds is 7. The van der Waals surface area contributed by atoms with E-state index in [2.05, 4.69) is 20.8 Å². The molecule has 0 aliphatic rings. The molecule has 0 saturated carbocycles. The van der Waals surface area contributed by atoms with Crippen molar-refractivity contribution in [2.24, 2.45) is 0 Å². The molecule has 0 saturated heterocycles. The molecule has 2 aromatic rings. The lowest BCUT2D eigenvalue weighted by Crippen LogP contribution is -2.23. The molecule has 0 radical (unpaired) electrons. The monoisotopic (exact) mass is 321 g/mol. The van der Waals surface area contributed by atoms with Crippen molar-refractivity contribution in [3.05, 3.63) is 24.3 Å². The summed E-state index contributed by atoms with van der Waals surface area (Å²) in [6.45, 7) is 6.99. The molecule has 1 amide bonds. The third-order valence-corrected chi connectivity index (χ3v) is 3.95. The van der Waals surface area contributed by atoms with Crippen molar-refractivity contribution < 1.29 is 9.53 Å². The number of tetrazole rings is 1. The molecule has 0 spiro atoms. The van der Waals surface area contributed by atoms with Gasteiger partial charge in [0, 0.05) is 12.2 Å². The number of ether oxygens (including phenoxy) is 1. The van der Waals surface area contributed by atoms with E-state index in [0.717, 1.165) is 11.4 Å². The van der Waals surface area contributed by atoms with E-state index in [1.165, 1.54) is 11.8 Å². The average Bonchev–Trinajstić information content (AvgIpc) is 2.96. The van der Waals surface area contributed by atoms with Gasteiger partial charge in [0.2, 0.25) is 11.1 Å². The van der Waals surface area contributed by atoms with Gasteiger partial charge in [0.25, 0.3) is 0 Å². The Labute approximate surface area is 133 Å². The van der Waals surface area contributed by atoms with Crippen molar-refractivity contribution in [1.29, 1.82) is 0 Å². The molecule has 0 aliphatic carbocycles. The van der Waals surface area contributed by atoms with E-state index >= 15 is 0 Å². The van der Waals surface area contributed by atoms with E-state index in [4.69, 9.17) is 4.74 Å². The number of thioether (sulfide) groups is 1. The molecule has 118 valence electrons. The van der Waals surface area contributed by atoms with Crippen LogP contribution in [0.25, 0.3) is 0 Å². The number of hydrogen-bond donors (Lipinski definition) is 1. The van der Waals surface area contributed by atoms with Crippen LogP contribution < -0.4 is 10.1 Å². The Bertz CT molecular complexity index is 614. The lowest BCUT2D eigenvalue weighted by atomic mass is 10.3. The molecule has 1 unspecified atom stereocenters. The van der Waals surface area contributed by atoms with Crippen LogP contribution in [0.1, 0.15) is 20.8 Å². The molecule has 22 heavy (non-hydrogen) atoms. The van der Waals surface area contributed by atoms with Crippen molar-refractivity contribution in [2.75, 3.05) is 11.9 Å². The fourth-order valence-electron chi connectivity index (χ4n) is 1.74. The number of anilines is 1. The highest BCUT2D eigenvalue weighted by Crippen LogP contribution is 2.22. The average molecular weight is 321 g/mol. The molecule has 0 fully saturated rings. The molecule has 7 nitrogen and oxygen atoms in total. The van der Waals surface area contributed by atoms with Gasteiger partial charge < -0.3 is 10.1 Å². The van der Waals surface area contributed by atoms with Gasteiger partial charge in [-0.15, -0.1) is 5.10 Å². The Morgan fingerprint density at radius 2 is 2.09 bits per heavy atom. The Morgan fingerprint density at radius 1 is 1.36 bits per heavy atom. The lowest BCUT2D eigenvalue weighted by Gasteiger charge is -2.11. The van der Waals surface area contributed by atoms with E-state index in [9.17, 15) is 4.79 Å². The summed E-state index contributed by atoms with van der Waals surface area (Å²) in [5.41, 5.74) is 0.732. The van der Waals surface area contributed by atoms with Gasteiger partial charge in [-0.2, -0.15) is 0 Å². The van der Waals surface area contributed by atoms with Crippen molar-refractivity contribution >= 4 is 23.4 Å². The highest BCUT2D eigenvalue weighted by Gasteiger charge is 2.18. The van der Waals surface area contributed by atoms with Crippen molar-refractivity contribution in [2.45, 2.75) is 37.7 Å². The number of hydrogen-bond acceptors (Lipinski definition) is 6. The van der Waals surface area contributed by atoms with Gasteiger partial charge >= 0.3 is 0 Å². The fraction of sp³-hybridized carbons (Fsp3) is 0.429. The normalized spacial score (nSPS) is 12.0. The van der Waals surface area contributed by atoms with Gasteiger partial charge in [-0.1, -0.05) is 11.8 Å². The van der Waals surface area contributed by atoms with Crippen LogP contribution in [0.5, 0.6) is 5.75 Å². The predicted molar refractivity (Wildman–Crippen MR) is 85.1 cm³/mol. The largest absolute Gasteiger partial charge is 0.494 e. The van der Waals surface area contributed by atoms with Crippen LogP contribution in [0.4, 0.5) is 5.69 Å². The SMILES string of the molecule is CCOc1ccc(NC(=O)C(C)Sc2nnnn2CC)cc1. The number of amides is 1. The number of nitrogens with zero attached hydrogens (tertiary/aromatic N) is 4. The zero-order chi connectivity index (χ0) is 15.9. The molecule has 1 heterocycles. The first kappa shape index (κ1) is 16.3. The minimum atomic E-state index is -0.303. The van der Waals surface area contributed by atoms with Crippen LogP contribution in [0.15, 0.2) is 29.4 Å². The van der Waals surface area contributed by atoms with Crippen LogP contribution in [-0.4, -0.2) is 38.0 Å². The van der Waals surface area contributed by atoms with Gasteiger partial charge in [-0.3, -0.25) is 4.79 Å². The minimum Gasteiger partial charge on any atom is -0.494 e. The molecule has 8 heteroatoms. The Kier molecular flexibility index (Phi) is 5.76. The van der Waals surface area contributed by atoms with E-state index in [1.807, 2.05) is 45.0 Å². The summed E-state index contributed by atoms with van der Waals surface area (Å²) in [7, 11) is 0. The minimum absolute atomic E-state index is 0.0974. The smallest absolute Gasteiger partial charge is 0.237 e. The second-order valence-electron chi connectivity index (χ2n) is 4.48. The number of aromatic nitrogens is 4. The van der Waals surface area contributed by atoms with Crippen LogP contribution in [-0.2, 0) is 11.3 Å². The zero-order valence-corrected chi connectivity index (χ0v) is 13.6. The van der Waals surface area contributed by atoms with E-state index in [-0.39, 0.29) is 11.2 Å². The summed E-state index contributed by atoms with van der Waals surface area (Å²) in [4.78, 5) is 12.2. The molecular weight excluding hydrogens is 302 g/mol. The fourth-order valence-corrected chi connectivity index (χ4v) is 2.59. The quantitative estimate of drug-likeness (QED) is 0.787. The van der Waals surface area contributed by atoms with Crippen LogP contribution in [0.2, 0.25) is 0 Å². The summed E-state index contributed by atoms with van der Waals surface area (Å²) in [6, 6.07) is 7.29. The van der Waals surface area contributed by atoms with Gasteiger partial charge in [-0.05, 0) is 55.5 Å². The molecule has 1 N–H and O–H groups in total. The third kappa shape index (κ3) is 4.20. The predicted octanol–water partition coefficient (Wildman–Crippen LogP) is 2.21. The molecule has 0 bridgehead atoms. The summed E-state index contributed by atoms with van der Waals surface area (Å²) in [5.74, 6) is 0.685. The highest BCUT2D eigenvalue weighted by molar-refractivity contribution is 8.00. The van der Waals surface area contributed by atoms with Crippen LogP contribution in [0.3, 0.4) is 0 Å². The van der Waals surface area contributed by atoms with Gasteiger partial charge in [0.1, 0.15) is 5.75 Å². The first-order valence-corrected chi connectivity index (χ1v) is 7.98. The summed E-state index contributed by atoms with van der Waals surface area (Å²) >= 11 is 1.33. The van der Waals surface area contributed by atoms with Gasteiger partial charge in [0.15, 0.2) is 0 Å². The van der Waals surface area contributed by atoms with E-state index in [0.29, 0.717) is 18.3 Å². The van der Waals surface area contributed by atoms with E-state index < -0.39 is 0 Å². The standard InChI is InChI=1S/C14H19N5O2S/c1-4-19-14(16-17-18-19)22-10(3)13(20)15-11-6-8-12(9-7-11)21-5-2/h6-10H,4-5H2,1-3H3,(H,15,20). The summed E-state index contributed by atoms with van der Waals surface area (Å²) in [6.07, 6.45) is 0. The second kappa shape index (κ2) is 7.79.